The molecule has 0 unspecified atom stereocenters. The van der Waals surface area contributed by atoms with Gasteiger partial charge in [-0.1, -0.05) is 42.6 Å². The molecule has 0 spiro atoms. The van der Waals surface area contributed by atoms with Gasteiger partial charge in [-0.15, -0.1) is 0 Å². The quantitative estimate of drug-likeness (QED) is 0.569. The zero-order chi connectivity index (χ0) is 7.68. The summed E-state index contributed by atoms with van der Waals surface area (Å²) in [5, 5.41) is 1.76. The van der Waals surface area contributed by atoms with E-state index in [1.807, 2.05) is 0 Å². The minimum atomic E-state index is 1.01. The van der Waals surface area contributed by atoms with Crippen molar-refractivity contribution in [3.05, 3.63) is 41.0 Å². The van der Waals surface area contributed by atoms with E-state index in [9.17, 15) is 0 Å². The number of fused-ring (bicyclic) bond motifs is 1. The van der Waals surface area contributed by atoms with Gasteiger partial charge in [0.15, 0.2) is 0 Å². The SMILES string of the molecule is S=CC1=Cc2ccccc2C1. The molecule has 0 radical (unpaired) electrons. The molecule has 1 aliphatic rings. The molecule has 0 atom stereocenters. The van der Waals surface area contributed by atoms with Crippen molar-refractivity contribution in [2.45, 2.75) is 6.42 Å². The molecule has 0 bridgehead atoms. The monoisotopic (exact) mass is 160 g/mol. The Morgan fingerprint density at radius 2 is 2.09 bits per heavy atom. The fraction of sp³-hybridized carbons (Fsp3) is 0.100. The lowest BCUT2D eigenvalue weighted by atomic mass is 10.1. The van der Waals surface area contributed by atoms with E-state index < -0.39 is 0 Å². The highest BCUT2D eigenvalue weighted by atomic mass is 32.1. The van der Waals surface area contributed by atoms with Crippen molar-refractivity contribution in [3.63, 3.8) is 0 Å². The van der Waals surface area contributed by atoms with Crippen LogP contribution in [0.3, 0.4) is 0 Å². The molecule has 1 aromatic rings. The Kier molecular flexibility index (Phi) is 1.59. The largest absolute Gasteiger partial charge is 0.0884 e. The summed E-state index contributed by atoms with van der Waals surface area (Å²) in [7, 11) is 0. The third kappa shape index (κ3) is 1.12. The van der Waals surface area contributed by atoms with Crippen molar-refractivity contribution < 1.29 is 0 Å². The van der Waals surface area contributed by atoms with Gasteiger partial charge in [-0.25, -0.2) is 0 Å². The van der Waals surface area contributed by atoms with E-state index in [0.717, 1.165) is 6.42 Å². The maximum absolute atomic E-state index is 4.87. The summed E-state index contributed by atoms with van der Waals surface area (Å²) in [6.45, 7) is 0. The van der Waals surface area contributed by atoms with E-state index in [0.29, 0.717) is 0 Å². The summed E-state index contributed by atoms with van der Waals surface area (Å²) < 4.78 is 0. The molecule has 1 heteroatoms. The third-order valence-electron chi connectivity index (χ3n) is 1.94. The molecule has 54 valence electrons. The van der Waals surface area contributed by atoms with Crippen molar-refractivity contribution in [1.29, 1.82) is 0 Å². The second-order valence-electron chi connectivity index (χ2n) is 2.71. The maximum Gasteiger partial charge on any atom is 0.00492 e. The fourth-order valence-electron chi connectivity index (χ4n) is 1.38. The van der Waals surface area contributed by atoms with Crippen LogP contribution in [-0.4, -0.2) is 5.37 Å². The van der Waals surface area contributed by atoms with Gasteiger partial charge in [-0.3, -0.25) is 0 Å². The first-order valence-corrected chi connectivity index (χ1v) is 4.11. The number of hydrogen-bond donors (Lipinski definition) is 0. The Morgan fingerprint density at radius 3 is 2.82 bits per heavy atom. The number of benzene rings is 1. The molecule has 2 rings (SSSR count). The number of allylic oxidation sites excluding steroid dienone is 1. The van der Waals surface area contributed by atoms with Gasteiger partial charge >= 0.3 is 0 Å². The molecule has 11 heavy (non-hydrogen) atoms. The number of thiocarbonyl (C=S) groups is 1. The first-order chi connectivity index (χ1) is 5.40. The van der Waals surface area contributed by atoms with Crippen LogP contribution in [0.1, 0.15) is 11.1 Å². The summed E-state index contributed by atoms with van der Waals surface area (Å²) in [6, 6.07) is 8.40. The molecule has 0 saturated heterocycles. The highest BCUT2D eigenvalue weighted by Gasteiger charge is 2.08. The van der Waals surface area contributed by atoms with Gasteiger partial charge < -0.3 is 0 Å². The Labute approximate surface area is 71.6 Å². The Morgan fingerprint density at radius 1 is 1.27 bits per heavy atom. The molecule has 0 aromatic heterocycles. The van der Waals surface area contributed by atoms with E-state index in [4.69, 9.17) is 12.2 Å². The van der Waals surface area contributed by atoms with Gasteiger partial charge in [0.25, 0.3) is 0 Å². The van der Waals surface area contributed by atoms with E-state index in [1.165, 1.54) is 16.7 Å². The van der Waals surface area contributed by atoms with Gasteiger partial charge in [-0.2, -0.15) is 0 Å². The average Bonchev–Trinajstić information content (AvgIpc) is 2.46. The zero-order valence-corrected chi connectivity index (χ0v) is 6.90. The van der Waals surface area contributed by atoms with Crippen LogP contribution in [0, 0.1) is 0 Å². The molecule has 0 nitrogen and oxygen atoms in total. The van der Waals surface area contributed by atoms with Crippen LogP contribution in [0.15, 0.2) is 29.8 Å². The van der Waals surface area contributed by atoms with Gasteiger partial charge in [0.05, 0.1) is 0 Å². The van der Waals surface area contributed by atoms with Crippen LogP contribution in [-0.2, 0) is 6.42 Å². The summed E-state index contributed by atoms with van der Waals surface area (Å²) >= 11 is 4.87. The van der Waals surface area contributed by atoms with Gasteiger partial charge in [-0.05, 0) is 23.1 Å². The molecule has 0 saturated carbocycles. The molecule has 0 amide bonds. The van der Waals surface area contributed by atoms with Crippen molar-refractivity contribution in [2.75, 3.05) is 0 Å². The predicted molar refractivity (Wildman–Crippen MR) is 51.8 cm³/mol. The molecule has 1 aromatic carbocycles. The van der Waals surface area contributed by atoms with Crippen molar-refractivity contribution in [2.24, 2.45) is 0 Å². The molecule has 1 aliphatic carbocycles. The van der Waals surface area contributed by atoms with E-state index in [-0.39, 0.29) is 0 Å². The van der Waals surface area contributed by atoms with Crippen LogP contribution in [0.2, 0.25) is 0 Å². The predicted octanol–water partition coefficient (Wildman–Crippen LogP) is 2.63. The summed E-state index contributed by atoms with van der Waals surface area (Å²) in [5.41, 5.74) is 3.97. The molecule has 0 fully saturated rings. The van der Waals surface area contributed by atoms with E-state index in [2.05, 4.69) is 30.3 Å². The maximum atomic E-state index is 4.87. The topological polar surface area (TPSA) is 0 Å². The van der Waals surface area contributed by atoms with Crippen LogP contribution < -0.4 is 0 Å². The lowest BCUT2D eigenvalue weighted by Crippen LogP contribution is -1.82. The van der Waals surface area contributed by atoms with Crippen molar-refractivity contribution in [1.82, 2.24) is 0 Å². The minimum Gasteiger partial charge on any atom is -0.0884 e. The standard InChI is InChI=1S/C10H8S/c11-7-8-5-9-3-1-2-4-10(9)6-8/h1-5,7H,6H2. The average molecular weight is 160 g/mol. The van der Waals surface area contributed by atoms with E-state index in [1.54, 1.807) is 5.37 Å². The van der Waals surface area contributed by atoms with Gasteiger partial charge in [0, 0.05) is 5.37 Å². The smallest absolute Gasteiger partial charge is 0.00492 e. The molecular weight excluding hydrogens is 152 g/mol. The van der Waals surface area contributed by atoms with E-state index >= 15 is 0 Å². The normalized spacial score (nSPS) is 14.0. The Hall–Kier alpha value is -0.950. The summed E-state index contributed by atoms with van der Waals surface area (Å²) in [6.07, 6.45) is 3.17. The fourth-order valence-corrected chi connectivity index (χ4v) is 1.53. The first kappa shape index (κ1) is 6.74. The molecular formula is C10H8S. The second-order valence-corrected chi connectivity index (χ2v) is 2.95. The molecule has 0 heterocycles. The zero-order valence-electron chi connectivity index (χ0n) is 6.08. The van der Waals surface area contributed by atoms with Crippen LogP contribution >= 0.6 is 12.2 Å². The lowest BCUT2D eigenvalue weighted by Gasteiger charge is -1.94. The van der Waals surface area contributed by atoms with Gasteiger partial charge in [0.1, 0.15) is 0 Å². The summed E-state index contributed by atoms with van der Waals surface area (Å²) in [4.78, 5) is 0. The van der Waals surface area contributed by atoms with Gasteiger partial charge in [0.2, 0.25) is 0 Å². The molecule has 0 N–H and O–H groups in total. The highest BCUT2D eigenvalue weighted by molar-refractivity contribution is 7.79. The van der Waals surface area contributed by atoms with Crippen molar-refractivity contribution >= 4 is 23.7 Å². The third-order valence-corrected chi connectivity index (χ3v) is 2.24. The Balaban J connectivity index is 2.47. The van der Waals surface area contributed by atoms with Crippen molar-refractivity contribution in [3.8, 4) is 0 Å². The Bertz CT molecular complexity index is 323. The van der Waals surface area contributed by atoms with Crippen LogP contribution in [0.5, 0.6) is 0 Å². The minimum absolute atomic E-state index is 1.01. The lowest BCUT2D eigenvalue weighted by molar-refractivity contribution is 1.28. The number of rotatable bonds is 1. The van der Waals surface area contributed by atoms with Crippen LogP contribution in [0.4, 0.5) is 0 Å². The highest BCUT2D eigenvalue weighted by Crippen LogP contribution is 2.23. The molecule has 0 aliphatic heterocycles. The summed E-state index contributed by atoms with van der Waals surface area (Å²) in [5.74, 6) is 0. The number of hydrogen-bond acceptors (Lipinski definition) is 1. The second kappa shape index (κ2) is 2.59. The first-order valence-electron chi connectivity index (χ1n) is 3.64. The van der Waals surface area contributed by atoms with Crippen LogP contribution in [0.25, 0.3) is 6.08 Å².